The topological polar surface area (TPSA) is 55.9 Å². The van der Waals surface area contributed by atoms with Gasteiger partial charge in [-0.2, -0.15) is 0 Å². The van der Waals surface area contributed by atoms with Crippen molar-refractivity contribution in [3.05, 3.63) is 23.7 Å². The van der Waals surface area contributed by atoms with Gasteiger partial charge in [0.2, 0.25) is 0 Å². The predicted octanol–water partition coefficient (Wildman–Crippen LogP) is 0.394. The van der Waals surface area contributed by atoms with E-state index in [4.69, 9.17) is 0 Å². The van der Waals surface area contributed by atoms with Crippen molar-refractivity contribution in [2.24, 2.45) is 0 Å². The van der Waals surface area contributed by atoms with E-state index >= 15 is 0 Å². The van der Waals surface area contributed by atoms with Gasteiger partial charge in [-0.15, -0.1) is 0 Å². The standard InChI is InChI=1S/C5H4N2O2/c8-7-5-4(3-9-7)1-2-6-5/h1-3,6H. The number of hydrogen-bond acceptors (Lipinski definition) is 2. The molecule has 0 aliphatic rings. The van der Waals surface area contributed by atoms with Crippen LogP contribution in [0, 0.1) is 5.21 Å². The van der Waals surface area contributed by atoms with Gasteiger partial charge >= 0.3 is 5.65 Å². The van der Waals surface area contributed by atoms with Crippen molar-refractivity contribution < 1.29 is 9.43 Å². The number of aromatic nitrogens is 2. The summed E-state index contributed by atoms with van der Waals surface area (Å²) in [6.45, 7) is 0. The average Bonchev–Trinajstić information content (AvgIpc) is 2.35. The Morgan fingerprint density at radius 3 is 3.33 bits per heavy atom. The molecule has 46 valence electrons. The molecule has 0 saturated heterocycles. The molecule has 0 aromatic carbocycles. The summed E-state index contributed by atoms with van der Waals surface area (Å²) >= 11 is 0. The summed E-state index contributed by atoms with van der Waals surface area (Å²) in [5.41, 5.74) is 0.468. The molecule has 0 amide bonds. The van der Waals surface area contributed by atoms with E-state index in [1.807, 2.05) is 0 Å². The Bertz CT molecular complexity index is 322. The molecule has 9 heavy (non-hydrogen) atoms. The van der Waals surface area contributed by atoms with Crippen molar-refractivity contribution in [3.8, 4) is 0 Å². The van der Waals surface area contributed by atoms with Crippen molar-refractivity contribution in [1.82, 2.24) is 4.98 Å². The zero-order valence-electron chi connectivity index (χ0n) is 4.50. The second-order valence-electron chi connectivity index (χ2n) is 1.76. The van der Waals surface area contributed by atoms with Crippen LogP contribution >= 0.6 is 0 Å². The maximum atomic E-state index is 10.6. The number of fused-ring (bicyclic) bond motifs is 1. The van der Waals surface area contributed by atoms with Crippen LogP contribution in [0.2, 0.25) is 0 Å². The van der Waals surface area contributed by atoms with Gasteiger partial charge < -0.3 is 9.73 Å². The summed E-state index contributed by atoms with van der Waals surface area (Å²) in [6.07, 6.45) is 3.09. The molecule has 0 radical (unpaired) electrons. The van der Waals surface area contributed by atoms with Crippen LogP contribution in [0.15, 0.2) is 23.0 Å². The highest BCUT2D eigenvalue weighted by Gasteiger charge is 2.03. The van der Waals surface area contributed by atoms with Crippen LogP contribution in [0.3, 0.4) is 0 Å². The molecule has 2 aromatic heterocycles. The predicted molar refractivity (Wildman–Crippen MR) is 29.5 cm³/mol. The van der Waals surface area contributed by atoms with Crippen molar-refractivity contribution in [1.29, 1.82) is 0 Å². The van der Waals surface area contributed by atoms with Crippen LogP contribution < -0.4 is 4.90 Å². The second-order valence-corrected chi connectivity index (χ2v) is 1.76. The van der Waals surface area contributed by atoms with E-state index in [0.717, 1.165) is 5.39 Å². The van der Waals surface area contributed by atoms with Crippen LogP contribution in [0.4, 0.5) is 0 Å². The van der Waals surface area contributed by atoms with E-state index in [0.29, 0.717) is 10.6 Å². The zero-order valence-corrected chi connectivity index (χ0v) is 4.50. The van der Waals surface area contributed by atoms with Crippen molar-refractivity contribution in [2.75, 3.05) is 0 Å². The molecule has 0 saturated carbocycles. The fourth-order valence-corrected chi connectivity index (χ4v) is 0.783. The van der Waals surface area contributed by atoms with Crippen LogP contribution in [0.5, 0.6) is 0 Å². The van der Waals surface area contributed by atoms with Gasteiger partial charge in [0.15, 0.2) is 0 Å². The van der Waals surface area contributed by atoms with Gasteiger partial charge in [0.25, 0.3) is 0 Å². The molecule has 0 atom stereocenters. The Kier molecular flexibility index (Phi) is 0.631. The molecule has 4 nitrogen and oxygen atoms in total. The Morgan fingerprint density at radius 2 is 2.56 bits per heavy atom. The maximum Gasteiger partial charge on any atom is 0.328 e. The molecular weight excluding hydrogens is 120 g/mol. The van der Waals surface area contributed by atoms with Crippen LogP contribution in [-0.2, 0) is 0 Å². The quantitative estimate of drug-likeness (QED) is 0.516. The average molecular weight is 124 g/mol. The number of nitrogens with zero attached hydrogens (tertiary/aromatic N) is 1. The first-order valence-corrected chi connectivity index (χ1v) is 2.52. The first-order valence-electron chi connectivity index (χ1n) is 2.52. The van der Waals surface area contributed by atoms with Gasteiger partial charge in [-0.3, -0.25) is 0 Å². The molecule has 0 aliphatic heterocycles. The van der Waals surface area contributed by atoms with E-state index in [2.05, 4.69) is 9.51 Å². The Morgan fingerprint density at radius 1 is 1.67 bits per heavy atom. The lowest BCUT2D eigenvalue weighted by molar-refractivity contribution is -0.773. The Hall–Kier alpha value is -1.45. The summed E-state index contributed by atoms with van der Waals surface area (Å²) < 4.78 is 4.48. The second kappa shape index (κ2) is 1.28. The summed E-state index contributed by atoms with van der Waals surface area (Å²) in [5.74, 6) is 0. The highest BCUT2D eigenvalue weighted by atomic mass is 16.7. The smallest absolute Gasteiger partial charge is 0.328 e. The number of hydrogen-bond donors (Lipinski definition) is 1. The SMILES string of the molecule is [O-][n+]1occ2cc[nH]c21. The van der Waals surface area contributed by atoms with E-state index < -0.39 is 0 Å². The van der Waals surface area contributed by atoms with Crippen LogP contribution in [0.1, 0.15) is 0 Å². The maximum absolute atomic E-state index is 10.6. The zero-order chi connectivity index (χ0) is 6.27. The monoisotopic (exact) mass is 124 g/mol. The third-order valence-corrected chi connectivity index (χ3v) is 1.21. The fourth-order valence-electron chi connectivity index (χ4n) is 0.783. The lowest BCUT2D eigenvalue weighted by Crippen LogP contribution is -2.22. The molecule has 0 fully saturated rings. The van der Waals surface area contributed by atoms with Crippen LogP contribution in [-0.4, -0.2) is 4.98 Å². The Balaban J connectivity index is 2.99. The number of aromatic amines is 1. The summed E-state index contributed by atoms with van der Waals surface area (Å²) in [6, 6.07) is 1.77. The van der Waals surface area contributed by atoms with E-state index in [1.54, 1.807) is 12.3 Å². The molecule has 2 heterocycles. The molecule has 1 N–H and O–H groups in total. The third kappa shape index (κ3) is 0.440. The van der Waals surface area contributed by atoms with Crippen LogP contribution in [0.25, 0.3) is 11.0 Å². The molecule has 4 heteroatoms. The van der Waals surface area contributed by atoms with Crippen molar-refractivity contribution >= 4 is 11.0 Å². The largest absolute Gasteiger partial charge is 0.447 e. The molecule has 0 bridgehead atoms. The van der Waals surface area contributed by atoms with Crippen molar-refractivity contribution in [3.63, 3.8) is 0 Å². The molecule has 2 aromatic rings. The molecule has 0 unspecified atom stereocenters. The van der Waals surface area contributed by atoms with Crippen molar-refractivity contribution in [2.45, 2.75) is 0 Å². The lowest BCUT2D eigenvalue weighted by Gasteiger charge is -1.82. The number of rotatable bonds is 0. The van der Waals surface area contributed by atoms with E-state index in [-0.39, 0.29) is 0 Å². The first kappa shape index (κ1) is 4.43. The van der Waals surface area contributed by atoms with Gasteiger partial charge in [0.1, 0.15) is 0 Å². The van der Waals surface area contributed by atoms with Gasteiger partial charge in [0.05, 0.1) is 11.6 Å². The molecule has 0 aliphatic carbocycles. The highest BCUT2D eigenvalue weighted by molar-refractivity contribution is 5.70. The fraction of sp³-hybridized carbons (Fsp3) is 0. The Labute approximate surface area is 50.2 Å². The van der Waals surface area contributed by atoms with Gasteiger partial charge in [-0.05, 0) is 11.0 Å². The normalized spacial score (nSPS) is 10.7. The number of H-pyrrole nitrogens is 1. The minimum Gasteiger partial charge on any atom is -0.447 e. The summed E-state index contributed by atoms with van der Waals surface area (Å²) in [4.78, 5) is 3.16. The van der Waals surface area contributed by atoms with Gasteiger partial charge in [-0.1, -0.05) is 0 Å². The van der Waals surface area contributed by atoms with E-state index in [9.17, 15) is 5.21 Å². The first-order chi connectivity index (χ1) is 4.38. The molecule has 2 rings (SSSR count). The highest BCUT2D eigenvalue weighted by Crippen LogP contribution is 2.05. The minimum absolute atomic E-state index is 0.440. The molecule has 0 spiro atoms. The lowest BCUT2D eigenvalue weighted by atomic mass is 10.5. The molecular formula is C5H4N2O2. The number of nitrogens with one attached hydrogen (secondary N) is 1. The third-order valence-electron chi connectivity index (χ3n) is 1.21. The summed E-state index contributed by atoms with van der Waals surface area (Å²) in [5, 5.41) is 11.4. The minimum atomic E-state index is 0.440. The van der Waals surface area contributed by atoms with E-state index in [1.165, 1.54) is 6.26 Å². The summed E-state index contributed by atoms with van der Waals surface area (Å²) in [7, 11) is 0. The van der Waals surface area contributed by atoms with Gasteiger partial charge in [-0.25, -0.2) is 4.98 Å². The van der Waals surface area contributed by atoms with Gasteiger partial charge in [0, 0.05) is 6.26 Å².